The van der Waals surface area contributed by atoms with E-state index in [4.69, 9.17) is 4.74 Å². The van der Waals surface area contributed by atoms with E-state index >= 15 is 0 Å². The zero-order chi connectivity index (χ0) is 18.9. The SMILES string of the molecule is COc1ccc(C=CC(=O)CCN2CCC(Cc3ccccc3)CC2)cc1. The van der Waals surface area contributed by atoms with Crippen LogP contribution in [0, 0.1) is 5.92 Å². The summed E-state index contributed by atoms with van der Waals surface area (Å²) in [4.78, 5) is 14.6. The van der Waals surface area contributed by atoms with Gasteiger partial charge in [-0.2, -0.15) is 0 Å². The minimum absolute atomic E-state index is 0.192. The van der Waals surface area contributed by atoms with Crippen molar-refractivity contribution in [1.29, 1.82) is 0 Å². The first kappa shape index (κ1) is 19.4. The summed E-state index contributed by atoms with van der Waals surface area (Å²) in [6.07, 6.45) is 7.81. The molecule has 1 heterocycles. The predicted octanol–water partition coefficient (Wildman–Crippen LogP) is 4.62. The molecule has 1 aliphatic heterocycles. The van der Waals surface area contributed by atoms with Gasteiger partial charge < -0.3 is 9.64 Å². The van der Waals surface area contributed by atoms with Gasteiger partial charge in [-0.15, -0.1) is 0 Å². The zero-order valence-electron chi connectivity index (χ0n) is 16.1. The third-order valence-corrected chi connectivity index (χ3v) is 5.33. The fourth-order valence-electron chi connectivity index (χ4n) is 3.62. The van der Waals surface area contributed by atoms with Crippen LogP contribution < -0.4 is 4.74 Å². The summed E-state index contributed by atoms with van der Waals surface area (Å²) >= 11 is 0. The highest BCUT2D eigenvalue weighted by Gasteiger charge is 2.19. The highest BCUT2D eigenvalue weighted by Crippen LogP contribution is 2.21. The maximum atomic E-state index is 12.1. The van der Waals surface area contributed by atoms with Gasteiger partial charge in [0.25, 0.3) is 0 Å². The fourth-order valence-corrected chi connectivity index (χ4v) is 3.62. The number of ketones is 1. The standard InChI is InChI=1S/C24H29NO2/c1-27-24-11-8-20(9-12-24)7-10-23(26)15-18-25-16-13-22(14-17-25)19-21-5-3-2-4-6-21/h2-12,22H,13-19H2,1H3. The van der Waals surface area contributed by atoms with Crippen molar-refractivity contribution >= 4 is 11.9 Å². The zero-order valence-corrected chi connectivity index (χ0v) is 16.1. The Balaban J connectivity index is 1.36. The van der Waals surface area contributed by atoms with Crippen LogP contribution in [0.4, 0.5) is 0 Å². The van der Waals surface area contributed by atoms with E-state index in [-0.39, 0.29) is 5.78 Å². The molecule has 0 aliphatic carbocycles. The van der Waals surface area contributed by atoms with Crippen LogP contribution in [-0.4, -0.2) is 37.4 Å². The van der Waals surface area contributed by atoms with Gasteiger partial charge in [0.15, 0.2) is 5.78 Å². The number of ether oxygens (including phenoxy) is 1. The Hall–Kier alpha value is -2.39. The first-order chi connectivity index (χ1) is 13.2. The maximum Gasteiger partial charge on any atom is 0.156 e. The van der Waals surface area contributed by atoms with Gasteiger partial charge in [-0.3, -0.25) is 4.79 Å². The molecular weight excluding hydrogens is 334 g/mol. The van der Waals surface area contributed by atoms with Gasteiger partial charge in [-0.1, -0.05) is 48.5 Å². The molecule has 1 aliphatic rings. The molecule has 0 atom stereocenters. The third kappa shape index (κ3) is 6.37. The van der Waals surface area contributed by atoms with Crippen molar-refractivity contribution in [3.63, 3.8) is 0 Å². The summed E-state index contributed by atoms with van der Waals surface area (Å²) in [6, 6.07) is 18.5. The number of carbonyl (C=O) groups excluding carboxylic acids is 1. The van der Waals surface area contributed by atoms with Gasteiger partial charge in [0.1, 0.15) is 5.75 Å². The summed E-state index contributed by atoms with van der Waals surface area (Å²) in [6.45, 7) is 3.07. The smallest absolute Gasteiger partial charge is 0.156 e. The van der Waals surface area contributed by atoms with Crippen LogP contribution in [0.1, 0.15) is 30.4 Å². The van der Waals surface area contributed by atoms with E-state index in [2.05, 4.69) is 35.2 Å². The second-order valence-electron chi connectivity index (χ2n) is 7.30. The molecule has 2 aromatic carbocycles. The quantitative estimate of drug-likeness (QED) is 0.641. The second kappa shape index (κ2) is 10.1. The number of allylic oxidation sites excluding steroid dienone is 1. The molecule has 0 bridgehead atoms. The Bertz CT molecular complexity index is 729. The van der Waals surface area contributed by atoms with Crippen molar-refractivity contribution < 1.29 is 9.53 Å². The normalized spacial score (nSPS) is 15.9. The molecule has 142 valence electrons. The van der Waals surface area contributed by atoms with E-state index in [1.165, 1.54) is 24.8 Å². The molecule has 3 heteroatoms. The average molecular weight is 364 g/mol. The van der Waals surface area contributed by atoms with E-state index in [1.807, 2.05) is 30.3 Å². The van der Waals surface area contributed by atoms with Crippen LogP contribution >= 0.6 is 0 Å². The van der Waals surface area contributed by atoms with E-state index < -0.39 is 0 Å². The number of piperidine rings is 1. The molecule has 0 amide bonds. The van der Waals surface area contributed by atoms with Crippen LogP contribution in [0.5, 0.6) is 5.75 Å². The monoisotopic (exact) mass is 363 g/mol. The minimum Gasteiger partial charge on any atom is -0.497 e. The molecule has 0 spiro atoms. The van der Waals surface area contributed by atoms with Crippen molar-refractivity contribution in [3.8, 4) is 5.75 Å². The number of carbonyl (C=O) groups is 1. The van der Waals surface area contributed by atoms with Crippen LogP contribution in [0.3, 0.4) is 0 Å². The van der Waals surface area contributed by atoms with Crippen LogP contribution in [-0.2, 0) is 11.2 Å². The van der Waals surface area contributed by atoms with Gasteiger partial charge in [0.2, 0.25) is 0 Å². The van der Waals surface area contributed by atoms with Crippen LogP contribution in [0.25, 0.3) is 6.08 Å². The lowest BCUT2D eigenvalue weighted by Crippen LogP contribution is -2.35. The number of rotatable bonds is 8. The molecule has 0 N–H and O–H groups in total. The highest BCUT2D eigenvalue weighted by atomic mass is 16.5. The number of benzene rings is 2. The lowest BCUT2D eigenvalue weighted by atomic mass is 9.90. The molecule has 0 saturated carbocycles. The van der Waals surface area contributed by atoms with Gasteiger partial charge in [0.05, 0.1) is 7.11 Å². The Kier molecular flexibility index (Phi) is 7.23. The maximum absolute atomic E-state index is 12.1. The van der Waals surface area contributed by atoms with Gasteiger partial charge in [0, 0.05) is 13.0 Å². The topological polar surface area (TPSA) is 29.5 Å². The molecule has 0 radical (unpaired) electrons. The number of likely N-dealkylation sites (tertiary alicyclic amines) is 1. The number of hydrogen-bond donors (Lipinski definition) is 0. The number of hydrogen-bond acceptors (Lipinski definition) is 3. The Labute approximate surface area is 162 Å². The second-order valence-corrected chi connectivity index (χ2v) is 7.30. The van der Waals surface area contributed by atoms with Crippen LogP contribution in [0.2, 0.25) is 0 Å². The van der Waals surface area contributed by atoms with Crippen molar-refractivity contribution in [2.24, 2.45) is 5.92 Å². The molecule has 2 aromatic rings. The largest absolute Gasteiger partial charge is 0.497 e. The van der Waals surface area contributed by atoms with Gasteiger partial charge >= 0.3 is 0 Å². The summed E-state index contributed by atoms with van der Waals surface area (Å²) in [5.41, 5.74) is 2.46. The molecule has 1 saturated heterocycles. The van der Waals surface area contributed by atoms with E-state index in [0.29, 0.717) is 6.42 Å². The van der Waals surface area contributed by atoms with Gasteiger partial charge in [-0.25, -0.2) is 0 Å². The van der Waals surface area contributed by atoms with E-state index in [9.17, 15) is 4.79 Å². The fraction of sp³-hybridized carbons (Fsp3) is 0.375. The van der Waals surface area contributed by atoms with E-state index in [1.54, 1.807) is 13.2 Å². The summed E-state index contributed by atoms with van der Waals surface area (Å²) in [5.74, 6) is 1.79. The minimum atomic E-state index is 0.192. The average Bonchev–Trinajstić information content (AvgIpc) is 2.73. The lowest BCUT2D eigenvalue weighted by Gasteiger charge is -2.31. The molecule has 0 aromatic heterocycles. The van der Waals surface area contributed by atoms with Crippen molar-refractivity contribution in [2.75, 3.05) is 26.7 Å². The summed E-state index contributed by atoms with van der Waals surface area (Å²) in [5, 5.41) is 0. The molecule has 3 rings (SSSR count). The first-order valence-corrected chi connectivity index (χ1v) is 9.84. The molecule has 1 fully saturated rings. The Morgan fingerprint density at radius 2 is 1.78 bits per heavy atom. The van der Waals surface area contributed by atoms with Crippen molar-refractivity contribution in [3.05, 3.63) is 71.8 Å². The number of nitrogens with zero attached hydrogens (tertiary/aromatic N) is 1. The summed E-state index contributed by atoms with van der Waals surface area (Å²) in [7, 11) is 1.65. The molecular formula is C24H29NO2. The predicted molar refractivity (Wildman–Crippen MR) is 111 cm³/mol. The molecule has 27 heavy (non-hydrogen) atoms. The molecule has 0 unspecified atom stereocenters. The lowest BCUT2D eigenvalue weighted by molar-refractivity contribution is -0.114. The molecule has 3 nitrogen and oxygen atoms in total. The Morgan fingerprint density at radius 3 is 2.44 bits per heavy atom. The number of methoxy groups -OCH3 is 1. The first-order valence-electron chi connectivity index (χ1n) is 9.84. The van der Waals surface area contributed by atoms with Crippen LogP contribution in [0.15, 0.2) is 60.7 Å². The summed E-state index contributed by atoms with van der Waals surface area (Å²) < 4.78 is 5.14. The van der Waals surface area contributed by atoms with Crippen molar-refractivity contribution in [1.82, 2.24) is 4.90 Å². The Morgan fingerprint density at radius 1 is 1.07 bits per heavy atom. The van der Waals surface area contributed by atoms with Crippen molar-refractivity contribution in [2.45, 2.75) is 25.7 Å². The van der Waals surface area contributed by atoms with Gasteiger partial charge in [-0.05, 0) is 67.6 Å². The van der Waals surface area contributed by atoms with E-state index in [0.717, 1.165) is 36.9 Å². The highest BCUT2D eigenvalue weighted by molar-refractivity contribution is 5.93. The third-order valence-electron chi connectivity index (χ3n) is 5.33.